The number of halogens is 1. The van der Waals surface area contributed by atoms with Gasteiger partial charge in [-0.1, -0.05) is 41.9 Å². The van der Waals surface area contributed by atoms with Crippen molar-refractivity contribution in [1.82, 2.24) is 15.5 Å². The molecule has 160 valence electrons. The van der Waals surface area contributed by atoms with Crippen molar-refractivity contribution >= 4 is 23.4 Å². The predicted molar refractivity (Wildman–Crippen MR) is 117 cm³/mol. The van der Waals surface area contributed by atoms with Crippen LogP contribution in [0.15, 0.2) is 54.6 Å². The Hall–Kier alpha value is -2.57. The van der Waals surface area contributed by atoms with Gasteiger partial charge in [-0.05, 0) is 55.8 Å². The molecule has 1 fully saturated rings. The summed E-state index contributed by atoms with van der Waals surface area (Å²) in [6.45, 7) is 3.24. The van der Waals surface area contributed by atoms with Crippen molar-refractivity contribution in [3.63, 3.8) is 0 Å². The topological polar surface area (TPSA) is 70.7 Å². The van der Waals surface area contributed by atoms with E-state index in [1.807, 2.05) is 30.3 Å². The lowest BCUT2D eigenvalue weighted by molar-refractivity contribution is -0.127. The minimum absolute atomic E-state index is 0.0146. The number of nitrogens with one attached hydrogen (secondary N) is 2. The first kappa shape index (κ1) is 22.1. The van der Waals surface area contributed by atoms with Gasteiger partial charge in [0.25, 0.3) is 0 Å². The van der Waals surface area contributed by atoms with Crippen LogP contribution < -0.4 is 15.4 Å². The number of ether oxygens (including phenoxy) is 1. The van der Waals surface area contributed by atoms with E-state index >= 15 is 0 Å². The number of nitrogens with zero attached hydrogens (tertiary/aromatic N) is 1. The molecule has 7 heteroatoms. The molecule has 2 aromatic rings. The summed E-state index contributed by atoms with van der Waals surface area (Å²) in [5.41, 5.74) is 1.10. The highest BCUT2D eigenvalue weighted by Gasteiger charge is 2.25. The normalized spacial score (nSPS) is 14.8. The van der Waals surface area contributed by atoms with E-state index in [1.54, 1.807) is 24.3 Å². The summed E-state index contributed by atoms with van der Waals surface area (Å²) in [6.07, 6.45) is 1.54. The summed E-state index contributed by atoms with van der Waals surface area (Å²) >= 11 is 5.84. The number of carbonyl (C=O) groups excluding carboxylic acids is 2. The predicted octanol–water partition coefficient (Wildman–Crippen LogP) is 2.86. The third-order valence-electron chi connectivity index (χ3n) is 5.14. The van der Waals surface area contributed by atoms with Crippen molar-refractivity contribution in [3.8, 4) is 5.75 Å². The standard InChI is InChI=1S/C23H28ClN3O3/c24-20-6-8-21(9-7-20)30-15-12-25-22(28)17-27-13-10-19(11-14-27)23(29)26-16-18-4-2-1-3-5-18/h1-9,19H,10-17H2,(H,25,28)(H,26,29). The van der Waals surface area contributed by atoms with Gasteiger partial charge in [0.05, 0.1) is 13.1 Å². The fraction of sp³-hybridized carbons (Fsp3) is 0.391. The smallest absolute Gasteiger partial charge is 0.234 e. The average molecular weight is 430 g/mol. The number of carbonyl (C=O) groups is 2. The van der Waals surface area contributed by atoms with Gasteiger partial charge >= 0.3 is 0 Å². The average Bonchev–Trinajstić information content (AvgIpc) is 2.77. The van der Waals surface area contributed by atoms with E-state index in [1.165, 1.54) is 0 Å². The molecule has 1 heterocycles. The van der Waals surface area contributed by atoms with Gasteiger partial charge in [0.1, 0.15) is 12.4 Å². The van der Waals surface area contributed by atoms with Crippen LogP contribution in [0.2, 0.25) is 5.02 Å². The highest BCUT2D eigenvalue weighted by molar-refractivity contribution is 6.30. The summed E-state index contributed by atoms with van der Waals surface area (Å²) in [7, 11) is 0. The molecule has 0 radical (unpaired) electrons. The molecule has 0 atom stereocenters. The van der Waals surface area contributed by atoms with Crippen molar-refractivity contribution in [2.45, 2.75) is 19.4 Å². The zero-order chi connectivity index (χ0) is 21.2. The van der Waals surface area contributed by atoms with Gasteiger partial charge < -0.3 is 15.4 Å². The summed E-state index contributed by atoms with van der Waals surface area (Å²) in [5, 5.41) is 6.55. The highest BCUT2D eigenvalue weighted by Crippen LogP contribution is 2.17. The summed E-state index contributed by atoms with van der Waals surface area (Å²) in [4.78, 5) is 26.6. The van der Waals surface area contributed by atoms with Crippen molar-refractivity contribution in [2.75, 3.05) is 32.8 Å². The Kier molecular flexibility index (Phi) is 8.53. The van der Waals surface area contributed by atoms with Crippen LogP contribution in [0, 0.1) is 5.92 Å². The molecule has 2 aromatic carbocycles. The maximum absolute atomic E-state index is 12.4. The minimum atomic E-state index is -0.0262. The SMILES string of the molecule is O=C(CN1CCC(C(=O)NCc2ccccc2)CC1)NCCOc1ccc(Cl)cc1. The van der Waals surface area contributed by atoms with Crippen LogP contribution in [0.5, 0.6) is 5.75 Å². The molecule has 2 N–H and O–H groups in total. The molecular weight excluding hydrogens is 402 g/mol. The fourth-order valence-corrected chi connectivity index (χ4v) is 3.56. The molecule has 2 amide bonds. The maximum Gasteiger partial charge on any atom is 0.234 e. The monoisotopic (exact) mass is 429 g/mol. The molecule has 30 heavy (non-hydrogen) atoms. The lowest BCUT2D eigenvalue weighted by atomic mass is 9.96. The highest BCUT2D eigenvalue weighted by atomic mass is 35.5. The number of piperidine rings is 1. The Morgan fingerprint density at radius 1 is 1.00 bits per heavy atom. The van der Waals surface area contributed by atoms with Gasteiger partial charge in [0.2, 0.25) is 11.8 Å². The summed E-state index contributed by atoms with van der Waals surface area (Å²) < 4.78 is 5.57. The van der Waals surface area contributed by atoms with Crippen LogP contribution in [-0.2, 0) is 16.1 Å². The van der Waals surface area contributed by atoms with Crippen molar-refractivity contribution in [2.24, 2.45) is 5.92 Å². The summed E-state index contributed by atoms with van der Waals surface area (Å²) in [6, 6.07) is 17.0. The van der Waals surface area contributed by atoms with Crippen LogP contribution in [0.1, 0.15) is 18.4 Å². The number of amides is 2. The molecule has 3 rings (SSSR count). The second kappa shape index (κ2) is 11.6. The lowest BCUT2D eigenvalue weighted by Crippen LogP contribution is -2.44. The molecule has 6 nitrogen and oxygen atoms in total. The number of hydrogen-bond donors (Lipinski definition) is 2. The largest absolute Gasteiger partial charge is 0.492 e. The van der Waals surface area contributed by atoms with Crippen molar-refractivity contribution < 1.29 is 14.3 Å². The molecule has 0 saturated carbocycles. The van der Waals surface area contributed by atoms with Gasteiger partial charge in [-0.25, -0.2) is 0 Å². The lowest BCUT2D eigenvalue weighted by Gasteiger charge is -2.30. The van der Waals surface area contributed by atoms with Crippen molar-refractivity contribution in [1.29, 1.82) is 0 Å². The van der Waals surface area contributed by atoms with Crippen LogP contribution in [0.3, 0.4) is 0 Å². The molecular formula is C23H28ClN3O3. The molecule has 0 aromatic heterocycles. The van der Waals surface area contributed by atoms with E-state index in [4.69, 9.17) is 16.3 Å². The molecule has 0 bridgehead atoms. The van der Waals surface area contributed by atoms with Gasteiger partial charge in [-0.3, -0.25) is 14.5 Å². The number of rotatable bonds is 9. The van der Waals surface area contributed by atoms with Crippen molar-refractivity contribution in [3.05, 3.63) is 65.2 Å². The van der Waals surface area contributed by atoms with Crippen LogP contribution in [0.4, 0.5) is 0 Å². The van der Waals surface area contributed by atoms with E-state index < -0.39 is 0 Å². The van der Waals surface area contributed by atoms with E-state index in [0.717, 1.165) is 37.2 Å². The van der Waals surface area contributed by atoms with Gasteiger partial charge in [-0.15, -0.1) is 0 Å². The third kappa shape index (κ3) is 7.35. The van der Waals surface area contributed by atoms with Crippen LogP contribution in [-0.4, -0.2) is 49.5 Å². The van der Waals surface area contributed by atoms with E-state index in [-0.39, 0.29) is 17.7 Å². The zero-order valence-corrected chi connectivity index (χ0v) is 17.7. The second-order valence-electron chi connectivity index (χ2n) is 7.41. The first-order valence-corrected chi connectivity index (χ1v) is 10.7. The Balaban J connectivity index is 1.27. The molecule has 0 spiro atoms. The van der Waals surface area contributed by atoms with Gasteiger partial charge in [0.15, 0.2) is 0 Å². The summed E-state index contributed by atoms with van der Waals surface area (Å²) in [5.74, 6) is 0.811. The Labute approximate surface area is 182 Å². The van der Waals surface area contributed by atoms with Crippen LogP contribution in [0.25, 0.3) is 0 Å². The maximum atomic E-state index is 12.4. The number of likely N-dealkylation sites (tertiary alicyclic amines) is 1. The van der Waals surface area contributed by atoms with Gasteiger partial charge in [-0.2, -0.15) is 0 Å². The Morgan fingerprint density at radius 3 is 2.40 bits per heavy atom. The zero-order valence-electron chi connectivity index (χ0n) is 17.0. The van der Waals surface area contributed by atoms with E-state index in [0.29, 0.717) is 31.3 Å². The van der Waals surface area contributed by atoms with Gasteiger partial charge in [0, 0.05) is 17.5 Å². The number of hydrogen-bond acceptors (Lipinski definition) is 4. The van der Waals surface area contributed by atoms with E-state index in [2.05, 4.69) is 15.5 Å². The Morgan fingerprint density at radius 2 is 1.70 bits per heavy atom. The molecule has 1 saturated heterocycles. The first-order chi connectivity index (χ1) is 14.6. The minimum Gasteiger partial charge on any atom is -0.492 e. The molecule has 0 unspecified atom stereocenters. The quantitative estimate of drug-likeness (QED) is 0.601. The van der Waals surface area contributed by atoms with E-state index in [9.17, 15) is 9.59 Å². The fourth-order valence-electron chi connectivity index (χ4n) is 3.43. The Bertz CT molecular complexity index is 806. The third-order valence-corrected chi connectivity index (χ3v) is 5.39. The molecule has 0 aliphatic carbocycles. The first-order valence-electron chi connectivity index (χ1n) is 10.3. The second-order valence-corrected chi connectivity index (χ2v) is 7.84. The molecule has 1 aliphatic heterocycles. The molecule has 1 aliphatic rings. The van der Waals surface area contributed by atoms with Crippen LogP contribution >= 0.6 is 11.6 Å². The number of benzene rings is 2.